The molecule has 0 heterocycles. The Morgan fingerprint density at radius 2 is 2.06 bits per heavy atom. The van der Waals surface area contributed by atoms with Gasteiger partial charge >= 0.3 is 6.18 Å². The molecule has 0 spiro atoms. The molecule has 1 aromatic carbocycles. The van der Waals surface area contributed by atoms with Crippen LogP contribution in [-0.4, -0.2) is 18.6 Å². The number of carbonyl (C=O) groups is 1. The van der Waals surface area contributed by atoms with Crippen molar-refractivity contribution in [3.8, 4) is 0 Å². The van der Waals surface area contributed by atoms with Crippen LogP contribution in [0.5, 0.6) is 0 Å². The van der Waals surface area contributed by atoms with Crippen LogP contribution < -0.4 is 11.1 Å². The molecule has 0 atom stereocenters. The van der Waals surface area contributed by atoms with E-state index in [0.717, 1.165) is 0 Å². The van der Waals surface area contributed by atoms with Gasteiger partial charge < -0.3 is 11.1 Å². The van der Waals surface area contributed by atoms with Gasteiger partial charge in [0.05, 0.1) is 0 Å². The Bertz CT molecular complexity index is 402. The highest BCUT2D eigenvalue weighted by Crippen LogP contribution is 2.15. The lowest BCUT2D eigenvalue weighted by molar-refractivity contribution is -0.123. The van der Waals surface area contributed by atoms with Crippen molar-refractivity contribution in [1.29, 1.82) is 0 Å². The van der Waals surface area contributed by atoms with E-state index in [-0.39, 0.29) is 5.56 Å². The molecular formula is C10H11F3N2O. The number of aryl methyl sites for hydroxylation is 1. The van der Waals surface area contributed by atoms with Crippen molar-refractivity contribution in [3.05, 3.63) is 29.3 Å². The average molecular weight is 232 g/mol. The van der Waals surface area contributed by atoms with Crippen LogP contribution in [0, 0.1) is 6.92 Å². The SMILES string of the molecule is Cc1cc(N)ccc1C(=O)NCC(F)(F)F. The standard InChI is InChI=1S/C10H11F3N2O/c1-6-4-7(14)2-3-8(6)9(16)15-5-10(11,12)13/h2-4H,5,14H2,1H3,(H,15,16). The maximum Gasteiger partial charge on any atom is 0.405 e. The Morgan fingerprint density at radius 3 is 2.56 bits per heavy atom. The summed E-state index contributed by atoms with van der Waals surface area (Å²) in [5.41, 5.74) is 6.66. The maximum atomic E-state index is 11.9. The van der Waals surface area contributed by atoms with E-state index in [1.807, 2.05) is 0 Å². The third-order valence-electron chi connectivity index (χ3n) is 1.94. The van der Waals surface area contributed by atoms with Crippen molar-refractivity contribution in [2.24, 2.45) is 0 Å². The number of amides is 1. The van der Waals surface area contributed by atoms with Crippen LogP contribution in [0.1, 0.15) is 15.9 Å². The molecule has 3 N–H and O–H groups in total. The number of halogens is 3. The molecule has 1 aromatic rings. The fraction of sp³-hybridized carbons (Fsp3) is 0.300. The third kappa shape index (κ3) is 3.45. The molecule has 16 heavy (non-hydrogen) atoms. The van der Waals surface area contributed by atoms with Crippen molar-refractivity contribution < 1.29 is 18.0 Å². The van der Waals surface area contributed by atoms with E-state index < -0.39 is 18.6 Å². The number of carbonyl (C=O) groups excluding carboxylic acids is 1. The zero-order valence-corrected chi connectivity index (χ0v) is 8.56. The molecule has 6 heteroatoms. The summed E-state index contributed by atoms with van der Waals surface area (Å²) in [6.07, 6.45) is -4.41. The van der Waals surface area contributed by atoms with Gasteiger partial charge in [-0.25, -0.2) is 0 Å². The van der Waals surface area contributed by atoms with Crippen LogP contribution in [-0.2, 0) is 0 Å². The number of rotatable bonds is 2. The van der Waals surface area contributed by atoms with E-state index in [1.54, 1.807) is 12.2 Å². The number of nitrogen functional groups attached to an aromatic ring is 1. The molecule has 1 amide bonds. The fourth-order valence-corrected chi connectivity index (χ4v) is 1.22. The Hall–Kier alpha value is -1.72. The van der Waals surface area contributed by atoms with Crippen LogP contribution in [0.3, 0.4) is 0 Å². The van der Waals surface area contributed by atoms with E-state index in [4.69, 9.17) is 5.73 Å². The summed E-state index contributed by atoms with van der Waals surface area (Å²) >= 11 is 0. The summed E-state index contributed by atoms with van der Waals surface area (Å²) in [7, 11) is 0. The molecule has 3 nitrogen and oxygen atoms in total. The smallest absolute Gasteiger partial charge is 0.399 e. The second kappa shape index (κ2) is 4.42. The minimum Gasteiger partial charge on any atom is -0.399 e. The van der Waals surface area contributed by atoms with Gasteiger partial charge in [0.15, 0.2) is 0 Å². The van der Waals surface area contributed by atoms with Crippen molar-refractivity contribution in [3.63, 3.8) is 0 Å². The maximum absolute atomic E-state index is 11.9. The van der Waals surface area contributed by atoms with Crippen LogP contribution in [0.25, 0.3) is 0 Å². The van der Waals surface area contributed by atoms with Gasteiger partial charge in [0.1, 0.15) is 6.54 Å². The molecule has 0 bridgehead atoms. The first-order valence-corrected chi connectivity index (χ1v) is 4.50. The molecule has 0 aliphatic rings. The van der Waals surface area contributed by atoms with Crippen LogP contribution in [0.2, 0.25) is 0 Å². The number of hydrogen-bond acceptors (Lipinski definition) is 2. The van der Waals surface area contributed by atoms with Gasteiger partial charge in [0, 0.05) is 11.3 Å². The lowest BCUT2D eigenvalue weighted by Gasteiger charge is -2.10. The molecule has 0 aliphatic heterocycles. The summed E-state index contributed by atoms with van der Waals surface area (Å²) in [6, 6.07) is 4.40. The number of anilines is 1. The molecule has 88 valence electrons. The Balaban J connectivity index is 2.74. The summed E-state index contributed by atoms with van der Waals surface area (Å²) in [5, 5.41) is 1.79. The summed E-state index contributed by atoms with van der Waals surface area (Å²) in [6.45, 7) is 0.272. The highest BCUT2D eigenvalue weighted by atomic mass is 19.4. The highest BCUT2D eigenvalue weighted by molar-refractivity contribution is 5.96. The zero-order chi connectivity index (χ0) is 12.3. The molecule has 0 saturated heterocycles. The van der Waals surface area contributed by atoms with Gasteiger partial charge in [-0.3, -0.25) is 4.79 Å². The van der Waals surface area contributed by atoms with E-state index in [9.17, 15) is 18.0 Å². The molecule has 0 fully saturated rings. The fourth-order valence-electron chi connectivity index (χ4n) is 1.22. The van der Waals surface area contributed by atoms with E-state index >= 15 is 0 Å². The van der Waals surface area contributed by atoms with Crippen LogP contribution >= 0.6 is 0 Å². The number of benzene rings is 1. The Morgan fingerprint density at radius 1 is 1.44 bits per heavy atom. The highest BCUT2D eigenvalue weighted by Gasteiger charge is 2.28. The van der Waals surface area contributed by atoms with Gasteiger partial charge in [0.25, 0.3) is 5.91 Å². The molecule has 1 rings (SSSR count). The normalized spacial score (nSPS) is 11.2. The number of hydrogen-bond donors (Lipinski definition) is 2. The van der Waals surface area contributed by atoms with Gasteiger partial charge in [-0.1, -0.05) is 0 Å². The summed E-state index contributed by atoms with van der Waals surface area (Å²) in [4.78, 5) is 11.4. The summed E-state index contributed by atoms with van der Waals surface area (Å²) in [5.74, 6) is -0.755. The largest absolute Gasteiger partial charge is 0.405 e. The van der Waals surface area contributed by atoms with E-state index in [2.05, 4.69) is 0 Å². The lowest BCUT2D eigenvalue weighted by atomic mass is 10.1. The van der Waals surface area contributed by atoms with Crippen molar-refractivity contribution in [2.75, 3.05) is 12.3 Å². The minimum atomic E-state index is -4.41. The number of nitrogens with two attached hydrogens (primary N) is 1. The third-order valence-corrected chi connectivity index (χ3v) is 1.94. The molecular weight excluding hydrogens is 221 g/mol. The first-order valence-electron chi connectivity index (χ1n) is 4.50. The van der Waals surface area contributed by atoms with E-state index in [0.29, 0.717) is 11.3 Å². The zero-order valence-electron chi connectivity index (χ0n) is 8.56. The molecule has 0 aliphatic carbocycles. The molecule has 0 radical (unpaired) electrons. The molecule has 0 unspecified atom stereocenters. The first kappa shape index (κ1) is 12.4. The lowest BCUT2D eigenvalue weighted by Crippen LogP contribution is -2.34. The Kier molecular flexibility index (Phi) is 3.41. The summed E-state index contributed by atoms with van der Waals surface area (Å²) < 4.78 is 35.6. The van der Waals surface area contributed by atoms with Crippen molar-refractivity contribution in [1.82, 2.24) is 5.32 Å². The minimum absolute atomic E-state index is 0.193. The van der Waals surface area contributed by atoms with Crippen molar-refractivity contribution >= 4 is 11.6 Å². The monoisotopic (exact) mass is 232 g/mol. The van der Waals surface area contributed by atoms with E-state index in [1.165, 1.54) is 18.2 Å². The molecule has 0 saturated carbocycles. The van der Waals surface area contributed by atoms with Gasteiger partial charge in [-0.2, -0.15) is 13.2 Å². The van der Waals surface area contributed by atoms with Crippen LogP contribution in [0.15, 0.2) is 18.2 Å². The number of nitrogens with one attached hydrogen (secondary N) is 1. The second-order valence-electron chi connectivity index (χ2n) is 3.37. The van der Waals surface area contributed by atoms with Gasteiger partial charge in [0.2, 0.25) is 0 Å². The van der Waals surface area contributed by atoms with Gasteiger partial charge in [-0.15, -0.1) is 0 Å². The molecule has 0 aromatic heterocycles. The second-order valence-corrected chi connectivity index (χ2v) is 3.37. The number of alkyl halides is 3. The predicted octanol–water partition coefficient (Wildman–Crippen LogP) is 1.87. The average Bonchev–Trinajstić information content (AvgIpc) is 2.13. The predicted molar refractivity (Wildman–Crippen MR) is 54.0 cm³/mol. The van der Waals surface area contributed by atoms with Crippen molar-refractivity contribution in [2.45, 2.75) is 13.1 Å². The Labute approximate surface area is 90.4 Å². The van der Waals surface area contributed by atoms with Gasteiger partial charge in [-0.05, 0) is 30.7 Å². The quantitative estimate of drug-likeness (QED) is 0.765. The topological polar surface area (TPSA) is 55.1 Å². The van der Waals surface area contributed by atoms with Crippen LogP contribution in [0.4, 0.5) is 18.9 Å². The first-order chi connectivity index (χ1) is 7.29.